The zero-order valence-electron chi connectivity index (χ0n) is 11.9. The van der Waals surface area contributed by atoms with Crippen molar-refractivity contribution in [3.8, 4) is 0 Å². The van der Waals surface area contributed by atoms with Crippen molar-refractivity contribution in [2.75, 3.05) is 33.2 Å². The lowest BCUT2D eigenvalue weighted by atomic mass is 10.2. The molecule has 0 saturated carbocycles. The number of benzene rings is 1. The van der Waals surface area contributed by atoms with E-state index in [1.54, 1.807) is 4.90 Å². The molecule has 3 rings (SSSR count). The molecule has 1 fully saturated rings. The van der Waals surface area contributed by atoms with Crippen LogP contribution >= 0.6 is 23.2 Å². The summed E-state index contributed by atoms with van der Waals surface area (Å²) in [6.07, 6.45) is 0. The van der Waals surface area contributed by atoms with Gasteiger partial charge in [0.25, 0.3) is 5.91 Å². The number of likely N-dealkylation sites (N-methyl/N-ethyl adjacent to an activating group) is 1. The van der Waals surface area contributed by atoms with Gasteiger partial charge in [-0.25, -0.2) is 0 Å². The van der Waals surface area contributed by atoms with E-state index in [1.165, 1.54) is 18.2 Å². The van der Waals surface area contributed by atoms with Gasteiger partial charge in [0, 0.05) is 37.3 Å². The zero-order chi connectivity index (χ0) is 15.9. The van der Waals surface area contributed by atoms with Crippen LogP contribution in [0.4, 0.5) is 0 Å². The lowest BCUT2D eigenvalue weighted by Crippen LogP contribution is -2.47. The molecule has 5 nitrogen and oxygen atoms in total. The molecule has 1 aromatic heterocycles. The zero-order valence-corrected chi connectivity index (χ0v) is 13.4. The Labute approximate surface area is 137 Å². The Hall–Kier alpha value is -1.56. The van der Waals surface area contributed by atoms with Gasteiger partial charge in [-0.15, -0.1) is 0 Å². The van der Waals surface area contributed by atoms with Crippen molar-refractivity contribution in [2.24, 2.45) is 0 Å². The molecule has 1 saturated heterocycles. The third kappa shape index (κ3) is 2.84. The Bertz CT molecular complexity index is 795. The summed E-state index contributed by atoms with van der Waals surface area (Å²) < 4.78 is 5.57. The highest BCUT2D eigenvalue weighted by molar-refractivity contribution is 6.38. The third-order valence-corrected chi connectivity index (χ3v) is 4.25. The minimum absolute atomic E-state index is 0.00581. The van der Waals surface area contributed by atoms with E-state index in [-0.39, 0.29) is 33.1 Å². The van der Waals surface area contributed by atoms with Gasteiger partial charge >= 0.3 is 0 Å². The summed E-state index contributed by atoms with van der Waals surface area (Å²) in [4.78, 5) is 28.5. The molecule has 0 atom stereocenters. The molecule has 1 aromatic carbocycles. The summed E-state index contributed by atoms with van der Waals surface area (Å²) in [6, 6.07) is 4.17. The number of halogens is 2. The number of amides is 1. The van der Waals surface area contributed by atoms with E-state index in [2.05, 4.69) is 4.90 Å². The van der Waals surface area contributed by atoms with Gasteiger partial charge in [-0.3, -0.25) is 9.59 Å². The van der Waals surface area contributed by atoms with Gasteiger partial charge in [-0.2, -0.15) is 0 Å². The minimum atomic E-state index is -0.330. The Balaban J connectivity index is 2.01. The van der Waals surface area contributed by atoms with E-state index in [0.29, 0.717) is 18.1 Å². The molecule has 22 heavy (non-hydrogen) atoms. The third-order valence-electron chi connectivity index (χ3n) is 3.75. The van der Waals surface area contributed by atoms with Gasteiger partial charge in [-0.1, -0.05) is 23.2 Å². The molecule has 1 aliphatic rings. The Morgan fingerprint density at radius 3 is 2.50 bits per heavy atom. The average molecular weight is 341 g/mol. The van der Waals surface area contributed by atoms with Gasteiger partial charge in [0.2, 0.25) is 0 Å². The summed E-state index contributed by atoms with van der Waals surface area (Å²) in [5.41, 5.74) is -0.140. The van der Waals surface area contributed by atoms with Crippen LogP contribution in [0.15, 0.2) is 27.4 Å². The Morgan fingerprint density at radius 2 is 1.82 bits per heavy atom. The van der Waals surface area contributed by atoms with Gasteiger partial charge in [0.15, 0.2) is 16.8 Å². The predicted molar refractivity (Wildman–Crippen MR) is 85.9 cm³/mol. The van der Waals surface area contributed by atoms with Crippen molar-refractivity contribution in [1.82, 2.24) is 9.80 Å². The van der Waals surface area contributed by atoms with Crippen LogP contribution in [0.3, 0.4) is 0 Å². The van der Waals surface area contributed by atoms with Crippen LogP contribution in [0.5, 0.6) is 0 Å². The SMILES string of the molecule is CN1CCN(C(=O)c2cc(=O)c3cc(Cl)cc(Cl)c3o2)CC1. The fourth-order valence-electron chi connectivity index (χ4n) is 2.45. The van der Waals surface area contributed by atoms with Crippen molar-refractivity contribution in [2.45, 2.75) is 0 Å². The number of carbonyl (C=O) groups is 1. The largest absolute Gasteiger partial charge is 0.449 e. The first kappa shape index (κ1) is 15.3. The van der Waals surface area contributed by atoms with Gasteiger partial charge < -0.3 is 14.2 Å². The fraction of sp³-hybridized carbons (Fsp3) is 0.333. The lowest BCUT2D eigenvalue weighted by Gasteiger charge is -2.31. The summed E-state index contributed by atoms with van der Waals surface area (Å²) >= 11 is 12.0. The van der Waals surface area contributed by atoms with Crippen LogP contribution in [-0.4, -0.2) is 48.9 Å². The average Bonchev–Trinajstić information content (AvgIpc) is 2.48. The van der Waals surface area contributed by atoms with Gasteiger partial charge in [0.05, 0.1) is 10.4 Å². The summed E-state index contributed by atoms with van der Waals surface area (Å²) in [5.74, 6) is -0.288. The summed E-state index contributed by atoms with van der Waals surface area (Å²) in [7, 11) is 2.00. The quantitative estimate of drug-likeness (QED) is 0.800. The molecular weight excluding hydrogens is 327 g/mol. The van der Waals surface area contributed by atoms with Crippen molar-refractivity contribution in [1.29, 1.82) is 0 Å². The van der Waals surface area contributed by atoms with Gasteiger partial charge in [0.1, 0.15) is 0 Å². The number of piperazine rings is 1. The standard InChI is InChI=1S/C15H14Cl2N2O3/c1-18-2-4-19(5-3-18)15(21)13-8-12(20)10-6-9(16)7-11(17)14(10)22-13/h6-8H,2-5H2,1H3. The van der Waals surface area contributed by atoms with E-state index < -0.39 is 0 Å². The normalized spacial score (nSPS) is 16.2. The van der Waals surface area contributed by atoms with E-state index in [4.69, 9.17) is 27.6 Å². The molecule has 7 heteroatoms. The highest BCUT2D eigenvalue weighted by Crippen LogP contribution is 2.27. The van der Waals surface area contributed by atoms with Crippen molar-refractivity contribution in [3.05, 3.63) is 44.2 Å². The fourth-order valence-corrected chi connectivity index (χ4v) is 2.99. The highest BCUT2D eigenvalue weighted by Gasteiger charge is 2.23. The van der Waals surface area contributed by atoms with E-state index >= 15 is 0 Å². The number of hydrogen-bond acceptors (Lipinski definition) is 4. The summed E-state index contributed by atoms with van der Waals surface area (Å²) in [5, 5.41) is 0.836. The molecule has 1 amide bonds. The topological polar surface area (TPSA) is 53.8 Å². The smallest absolute Gasteiger partial charge is 0.289 e. The molecule has 0 aliphatic carbocycles. The van der Waals surface area contributed by atoms with Crippen molar-refractivity contribution in [3.63, 3.8) is 0 Å². The number of nitrogens with zero attached hydrogens (tertiary/aromatic N) is 2. The van der Waals surface area contributed by atoms with Crippen LogP contribution in [0, 0.1) is 0 Å². The molecule has 1 aliphatic heterocycles. The first-order valence-electron chi connectivity index (χ1n) is 6.86. The van der Waals surface area contributed by atoms with Crippen LogP contribution in [0.1, 0.15) is 10.6 Å². The number of fused-ring (bicyclic) bond motifs is 1. The molecule has 2 aromatic rings. The van der Waals surface area contributed by atoms with Crippen LogP contribution in [-0.2, 0) is 0 Å². The second-order valence-electron chi connectivity index (χ2n) is 5.33. The van der Waals surface area contributed by atoms with Crippen molar-refractivity contribution >= 4 is 40.1 Å². The Morgan fingerprint density at radius 1 is 1.14 bits per heavy atom. The molecule has 0 N–H and O–H groups in total. The summed E-state index contributed by atoms with van der Waals surface area (Å²) in [6.45, 7) is 2.79. The van der Waals surface area contributed by atoms with E-state index in [0.717, 1.165) is 13.1 Å². The molecule has 0 unspecified atom stereocenters. The second-order valence-corrected chi connectivity index (χ2v) is 6.18. The first-order chi connectivity index (χ1) is 10.5. The molecule has 2 heterocycles. The maximum absolute atomic E-state index is 12.5. The molecule has 116 valence electrons. The number of rotatable bonds is 1. The second kappa shape index (κ2) is 5.91. The van der Waals surface area contributed by atoms with Crippen LogP contribution in [0.2, 0.25) is 10.0 Å². The van der Waals surface area contributed by atoms with E-state index in [1.807, 2.05) is 7.05 Å². The number of hydrogen-bond donors (Lipinski definition) is 0. The minimum Gasteiger partial charge on any atom is -0.449 e. The lowest BCUT2D eigenvalue weighted by molar-refractivity contribution is 0.0633. The van der Waals surface area contributed by atoms with Crippen LogP contribution in [0.25, 0.3) is 11.0 Å². The first-order valence-corrected chi connectivity index (χ1v) is 7.62. The van der Waals surface area contributed by atoms with Gasteiger partial charge in [-0.05, 0) is 19.2 Å². The van der Waals surface area contributed by atoms with Crippen LogP contribution < -0.4 is 5.43 Å². The predicted octanol–water partition coefficient (Wildman–Crippen LogP) is 2.49. The van der Waals surface area contributed by atoms with E-state index in [9.17, 15) is 9.59 Å². The Kier molecular flexibility index (Phi) is 4.12. The maximum atomic E-state index is 12.5. The molecule has 0 spiro atoms. The molecule has 0 radical (unpaired) electrons. The maximum Gasteiger partial charge on any atom is 0.289 e. The number of carbonyl (C=O) groups excluding carboxylic acids is 1. The monoisotopic (exact) mass is 340 g/mol. The molecular formula is C15H14Cl2N2O3. The highest BCUT2D eigenvalue weighted by atomic mass is 35.5. The molecule has 0 bridgehead atoms. The van der Waals surface area contributed by atoms with Crippen molar-refractivity contribution < 1.29 is 9.21 Å².